The molecule has 2 aliphatic rings. The minimum atomic E-state index is 0. The van der Waals surface area contributed by atoms with Gasteiger partial charge < -0.3 is 25.0 Å². The molecule has 186 valence electrons. The van der Waals surface area contributed by atoms with E-state index < -0.39 is 0 Å². The molecule has 3 N–H and O–H groups in total. The van der Waals surface area contributed by atoms with Gasteiger partial charge in [0.15, 0.2) is 5.82 Å². The van der Waals surface area contributed by atoms with Crippen LogP contribution in [0.25, 0.3) is 17.5 Å². The molecule has 2 aromatic heterocycles. The van der Waals surface area contributed by atoms with Crippen LogP contribution in [0.2, 0.25) is 0 Å². The van der Waals surface area contributed by atoms with E-state index in [-0.39, 0.29) is 37.2 Å². The molecule has 0 spiro atoms. The number of halogens is 3. The highest BCUT2D eigenvalue weighted by Gasteiger charge is 2.24. The molecule has 3 aromatic rings. The zero-order valence-electron chi connectivity index (χ0n) is 18.9. The third kappa shape index (κ3) is 6.31. The van der Waals surface area contributed by atoms with Crippen molar-refractivity contribution in [3.63, 3.8) is 0 Å². The lowest BCUT2D eigenvalue weighted by molar-refractivity contribution is 0.224. The average Bonchev–Trinajstić information content (AvgIpc) is 3.41. The van der Waals surface area contributed by atoms with Crippen LogP contribution in [0, 0.1) is 0 Å². The highest BCUT2D eigenvalue weighted by molar-refractivity contribution is 5.86. The number of anilines is 1. The van der Waals surface area contributed by atoms with Crippen LogP contribution in [0.1, 0.15) is 36.5 Å². The van der Waals surface area contributed by atoms with Crippen molar-refractivity contribution in [1.82, 2.24) is 24.6 Å². The summed E-state index contributed by atoms with van der Waals surface area (Å²) in [4.78, 5) is 12.0. The minimum absolute atomic E-state index is 0. The van der Waals surface area contributed by atoms with Gasteiger partial charge in [-0.25, -0.2) is 4.98 Å². The van der Waals surface area contributed by atoms with E-state index in [1.54, 1.807) is 0 Å². The molecular formula is C23H32Cl3N7O. The van der Waals surface area contributed by atoms with Gasteiger partial charge in [-0.15, -0.1) is 37.2 Å². The van der Waals surface area contributed by atoms with Gasteiger partial charge in [0.25, 0.3) is 5.89 Å². The first-order valence-corrected chi connectivity index (χ1v) is 11.1. The van der Waals surface area contributed by atoms with Gasteiger partial charge in [0.2, 0.25) is 5.95 Å². The fourth-order valence-electron chi connectivity index (χ4n) is 4.42. The Hall–Kier alpha value is -2.10. The second-order valence-electron chi connectivity index (χ2n) is 8.23. The maximum atomic E-state index is 5.71. The highest BCUT2D eigenvalue weighted by Crippen LogP contribution is 2.26. The number of fused-ring (bicyclic) bond motifs is 1. The number of piperidine rings is 1. The predicted molar refractivity (Wildman–Crippen MR) is 142 cm³/mol. The number of nitrogens with zero attached hydrogens (tertiary/aromatic N) is 5. The van der Waals surface area contributed by atoms with Gasteiger partial charge >= 0.3 is 0 Å². The number of benzene rings is 1. The first kappa shape index (κ1) is 28.1. The van der Waals surface area contributed by atoms with Crippen molar-refractivity contribution in [2.45, 2.75) is 38.3 Å². The normalized spacial score (nSPS) is 15.6. The molecule has 0 radical (unpaired) electrons. The standard InChI is InChI=1S/C23H29N7O.3ClH/c24-12-15-29-13-10-18(11-14-29)25-23-26-19-8-4-5-9-20(19)30(23)16-21-27-22(31-28-21)17-6-2-1-3-7-17;;;/h1-4,6-8,18H,5,9-16,24H2,(H,25,26);3*1H. The lowest BCUT2D eigenvalue weighted by Gasteiger charge is -2.32. The monoisotopic (exact) mass is 527 g/mol. The van der Waals surface area contributed by atoms with E-state index in [0.717, 1.165) is 69.1 Å². The van der Waals surface area contributed by atoms with Gasteiger partial charge in [0.1, 0.15) is 0 Å². The molecule has 3 heterocycles. The van der Waals surface area contributed by atoms with E-state index in [9.17, 15) is 0 Å². The van der Waals surface area contributed by atoms with E-state index in [4.69, 9.17) is 15.2 Å². The topological polar surface area (TPSA) is 98.0 Å². The Morgan fingerprint density at radius 3 is 2.56 bits per heavy atom. The van der Waals surface area contributed by atoms with Crippen LogP contribution in [-0.4, -0.2) is 56.8 Å². The molecule has 1 aliphatic heterocycles. The van der Waals surface area contributed by atoms with Crippen molar-refractivity contribution in [2.75, 3.05) is 31.5 Å². The summed E-state index contributed by atoms with van der Waals surface area (Å²) in [5.41, 5.74) is 8.91. The van der Waals surface area contributed by atoms with E-state index in [0.29, 0.717) is 24.3 Å². The van der Waals surface area contributed by atoms with Gasteiger partial charge in [0.05, 0.1) is 12.2 Å². The first-order chi connectivity index (χ1) is 15.3. The van der Waals surface area contributed by atoms with E-state index in [1.807, 2.05) is 30.3 Å². The average molecular weight is 529 g/mol. The molecular weight excluding hydrogens is 497 g/mol. The molecule has 1 fully saturated rings. The van der Waals surface area contributed by atoms with Gasteiger partial charge in [-0.3, -0.25) is 0 Å². The fraction of sp³-hybridized carbons (Fsp3) is 0.435. The number of rotatable bonds is 7. The number of hydrogen-bond donors (Lipinski definition) is 2. The molecule has 1 aliphatic carbocycles. The number of likely N-dealkylation sites (tertiary alicyclic amines) is 1. The van der Waals surface area contributed by atoms with Crippen LogP contribution >= 0.6 is 37.2 Å². The van der Waals surface area contributed by atoms with Crippen LogP contribution < -0.4 is 11.1 Å². The Morgan fingerprint density at radius 2 is 1.82 bits per heavy atom. The Morgan fingerprint density at radius 1 is 1.06 bits per heavy atom. The first-order valence-electron chi connectivity index (χ1n) is 11.1. The maximum Gasteiger partial charge on any atom is 0.257 e. The molecule has 0 amide bonds. The van der Waals surface area contributed by atoms with Crippen molar-refractivity contribution < 1.29 is 4.52 Å². The summed E-state index contributed by atoms with van der Waals surface area (Å²) < 4.78 is 7.75. The smallest absolute Gasteiger partial charge is 0.257 e. The SMILES string of the molecule is Cl.Cl.Cl.NCCN1CCC(Nc2nc3c(n2Cc2noc(-c4ccccc4)n2)CCC=C3)CC1. The Bertz CT molecular complexity index is 1050. The lowest BCUT2D eigenvalue weighted by Crippen LogP contribution is -2.41. The van der Waals surface area contributed by atoms with Crippen LogP contribution in [-0.2, 0) is 13.0 Å². The predicted octanol–water partition coefficient (Wildman–Crippen LogP) is 4.04. The van der Waals surface area contributed by atoms with E-state index >= 15 is 0 Å². The number of nitrogens with two attached hydrogens (primary N) is 1. The molecule has 1 saturated heterocycles. The summed E-state index contributed by atoms with van der Waals surface area (Å²) in [6.45, 7) is 4.38. The largest absolute Gasteiger partial charge is 0.353 e. The second-order valence-corrected chi connectivity index (χ2v) is 8.23. The minimum Gasteiger partial charge on any atom is -0.353 e. The van der Waals surface area contributed by atoms with E-state index in [2.05, 4.69) is 37.1 Å². The van der Waals surface area contributed by atoms with Crippen molar-refractivity contribution >= 4 is 49.2 Å². The number of hydrogen-bond acceptors (Lipinski definition) is 7. The Kier molecular flexibility index (Phi) is 10.9. The van der Waals surface area contributed by atoms with Crippen LogP contribution in [0.15, 0.2) is 40.9 Å². The van der Waals surface area contributed by atoms with E-state index in [1.165, 1.54) is 5.69 Å². The van der Waals surface area contributed by atoms with Gasteiger partial charge in [0, 0.05) is 43.5 Å². The quantitative estimate of drug-likeness (QED) is 0.477. The number of nitrogens with one attached hydrogen (secondary N) is 1. The summed E-state index contributed by atoms with van der Waals surface area (Å²) in [7, 11) is 0. The second kappa shape index (κ2) is 13.1. The maximum absolute atomic E-state index is 5.71. The summed E-state index contributed by atoms with van der Waals surface area (Å²) >= 11 is 0. The summed E-state index contributed by atoms with van der Waals surface area (Å²) in [5.74, 6) is 2.11. The molecule has 5 rings (SSSR count). The van der Waals surface area contributed by atoms with Crippen LogP contribution in [0.5, 0.6) is 0 Å². The molecule has 1 aromatic carbocycles. The number of imidazole rings is 1. The molecule has 8 nitrogen and oxygen atoms in total. The molecule has 34 heavy (non-hydrogen) atoms. The zero-order valence-corrected chi connectivity index (χ0v) is 21.4. The Labute approximate surface area is 218 Å². The third-order valence-electron chi connectivity index (χ3n) is 6.08. The van der Waals surface area contributed by atoms with Crippen molar-refractivity contribution in [1.29, 1.82) is 0 Å². The third-order valence-corrected chi connectivity index (χ3v) is 6.08. The fourth-order valence-corrected chi connectivity index (χ4v) is 4.42. The molecule has 11 heteroatoms. The van der Waals surface area contributed by atoms with Gasteiger partial charge in [-0.05, 0) is 43.9 Å². The summed E-state index contributed by atoms with van der Waals surface area (Å²) in [6, 6.07) is 10.3. The molecule has 0 atom stereocenters. The molecule has 0 bridgehead atoms. The lowest BCUT2D eigenvalue weighted by atomic mass is 10.1. The zero-order chi connectivity index (χ0) is 21.0. The van der Waals surface area contributed by atoms with Crippen molar-refractivity contribution in [3.8, 4) is 11.5 Å². The van der Waals surface area contributed by atoms with Crippen LogP contribution in [0.4, 0.5) is 5.95 Å². The highest BCUT2D eigenvalue weighted by atomic mass is 35.5. The number of aromatic nitrogens is 4. The summed E-state index contributed by atoms with van der Waals surface area (Å²) in [6.07, 6.45) is 8.49. The van der Waals surface area contributed by atoms with Crippen molar-refractivity contribution in [2.24, 2.45) is 5.73 Å². The van der Waals surface area contributed by atoms with Gasteiger partial charge in [-0.1, -0.05) is 29.4 Å². The van der Waals surface area contributed by atoms with Gasteiger partial charge in [-0.2, -0.15) is 4.98 Å². The summed E-state index contributed by atoms with van der Waals surface area (Å²) in [5, 5.41) is 7.94. The van der Waals surface area contributed by atoms with Crippen molar-refractivity contribution in [3.05, 3.63) is 53.6 Å². The molecule has 0 saturated carbocycles. The Balaban J connectivity index is 0.00000136. The number of allylic oxidation sites excluding steroid dienone is 1. The molecule has 0 unspecified atom stereocenters. The van der Waals surface area contributed by atoms with Crippen LogP contribution in [0.3, 0.4) is 0 Å².